The third-order valence-corrected chi connectivity index (χ3v) is 5.23. The number of hydrogen-bond acceptors (Lipinski definition) is 3. The van der Waals surface area contributed by atoms with Gasteiger partial charge in [0.25, 0.3) is 5.91 Å². The lowest BCUT2D eigenvalue weighted by Crippen LogP contribution is -2.39. The minimum atomic E-state index is -0.305. The number of H-pyrrole nitrogens is 1. The van der Waals surface area contributed by atoms with Gasteiger partial charge in [-0.15, -0.1) is 0 Å². The molecule has 3 amide bonds. The Labute approximate surface area is 168 Å². The molecule has 0 atom stereocenters. The van der Waals surface area contributed by atoms with Crippen LogP contribution in [0.2, 0.25) is 0 Å². The Bertz CT molecular complexity index is 986. The minimum Gasteiger partial charge on any atom is -0.357 e. The van der Waals surface area contributed by atoms with Crippen molar-refractivity contribution in [3.63, 3.8) is 0 Å². The average Bonchev–Trinajstić information content (AvgIpc) is 3.42. The van der Waals surface area contributed by atoms with Gasteiger partial charge in [0.1, 0.15) is 11.5 Å². The lowest BCUT2D eigenvalue weighted by atomic mass is 10.0. The highest BCUT2D eigenvalue weighted by atomic mass is 16.2. The molecule has 1 saturated heterocycles. The van der Waals surface area contributed by atoms with Gasteiger partial charge in [-0.3, -0.25) is 10.1 Å². The number of piperidine rings is 1. The van der Waals surface area contributed by atoms with Gasteiger partial charge in [0.2, 0.25) is 0 Å². The molecule has 1 aromatic carbocycles. The lowest BCUT2D eigenvalue weighted by molar-refractivity contribution is 0.0685. The van der Waals surface area contributed by atoms with E-state index in [2.05, 4.69) is 20.7 Å². The summed E-state index contributed by atoms with van der Waals surface area (Å²) in [5, 5.41) is 10.2. The van der Waals surface area contributed by atoms with Crippen LogP contribution in [-0.2, 0) is 0 Å². The number of aromatic nitrogens is 3. The first kappa shape index (κ1) is 18.8. The molecule has 0 aliphatic carbocycles. The molecule has 3 N–H and O–H groups in total. The summed E-state index contributed by atoms with van der Waals surface area (Å²) >= 11 is 0. The van der Waals surface area contributed by atoms with Gasteiger partial charge in [0.15, 0.2) is 0 Å². The molecule has 0 saturated carbocycles. The van der Waals surface area contributed by atoms with E-state index in [9.17, 15) is 9.59 Å². The molecule has 0 bridgehead atoms. The number of nitrogens with one attached hydrogen (secondary N) is 3. The van der Waals surface area contributed by atoms with E-state index >= 15 is 0 Å². The maximum Gasteiger partial charge on any atom is 0.324 e. The van der Waals surface area contributed by atoms with Gasteiger partial charge in [-0.05, 0) is 43.5 Å². The molecule has 8 nitrogen and oxygen atoms in total. The number of rotatable bonds is 4. The van der Waals surface area contributed by atoms with E-state index in [0.29, 0.717) is 24.6 Å². The quantitative estimate of drug-likeness (QED) is 0.633. The average molecular weight is 392 g/mol. The Morgan fingerprint density at radius 1 is 1.07 bits per heavy atom. The molecule has 4 rings (SSSR count). The normalized spacial score (nSPS) is 14.6. The summed E-state index contributed by atoms with van der Waals surface area (Å²) in [6.07, 6.45) is 4.99. The zero-order valence-corrected chi connectivity index (χ0v) is 16.3. The van der Waals surface area contributed by atoms with Gasteiger partial charge in [-0.1, -0.05) is 18.2 Å². The van der Waals surface area contributed by atoms with Crippen LogP contribution in [0.1, 0.15) is 34.9 Å². The highest BCUT2D eigenvalue weighted by Crippen LogP contribution is 2.26. The van der Waals surface area contributed by atoms with Gasteiger partial charge in [0.05, 0.1) is 12.2 Å². The zero-order chi connectivity index (χ0) is 20.2. The third-order valence-electron chi connectivity index (χ3n) is 5.23. The number of nitrogens with zero attached hydrogens (tertiary/aromatic N) is 3. The van der Waals surface area contributed by atoms with Crippen LogP contribution in [0.15, 0.2) is 54.9 Å². The molecule has 2 aromatic heterocycles. The van der Waals surface area contributed by atoms with Crippen LogP contribution in [-0.4, -0.2) is 44.7 Å². The molecular weight excluding hydrogens is 368 g/mol. The fourth-order valence-corrected chi connectivity index (χ4v) is 3.63. The maximum absolute atomic E-state index is 12.5. The molecule has 0 unspecified atom stereocenters. The number of urea groups is 1. The van der Waals surface area contributed by atoms with Crippen LogP contribution in [0.3, 0.4) is 0 Å². The van der Waals surface area contributed by atoms with E-state index in [0.717, 1.165) is 24.1 Å². The predicted molar refractivity (Wildman–Crippen MR) is 111 cm³/mol. The number of carbonyl (C=O) groups excluding carboxylic acids is 2. The van der Waals surface area contributed by atoms with Crippen LogP contribution in [0.4, 0.5) is 16.3 Å². The summed E-state index contributed by atoms with van der Waals surface area (Å²) in [5.41, 5.74) is 2.38. The van der Waals surface area contributed by atoms with Crippen molar-refractivity contribution in [2.24, 2.45) is 0 Å². The monoisotopic (exact) mass is 392 g/mol. The Balaban J connectivity index is 1.36. The highest BCUT2D eigenvalue weighted by molar-refractivity contribution is 5.99. The number of anilines is 2. The second-order valence-corrected chi connectivity index (χ2v) is 7.16. The van der Waals surface area contributed by atoms with Crippen molar-refractivity contribution in [3.05, 3.63) is 66.1 Å². The first-order valence-electron chi connectivity index (χ1n) is 9.71. The zero-order valence-electron chi connectivity index (χ0n) is 16.3. The summed E-state index contributed by atoms with van der Waals surface area (Å²) < 4.78 is 1.84. The van der Waals surface area contributed by atoms with Crippen molar-refractivity contribution in [1.82, 2.24) is 19.7 Å². The Morgan fingerprint density at radius 2 is 1.86 bits per heavy atom. The molecule has 29 heavy (non-hydrogen) atoms. The van der Waals surface area contributed by atoms with Crippen molar-refractivity contribution in [2.75, 3.05) is 23.7 Å². The summed E-state index contributed by atoms with van der Waals surface area (Å²) in [6.45, 7) is 3.25. The second-order valence-electron chi connectivity index (χ2n) is 7.16. The predicted octanol–water partition coefficient (Wildman–Crippen LogP) is 3.64. The Kier molecular flexibility index (Phi) is 5.33. The maximum atomic E-state index is 12.5. The Morgan fingerprint density at radius 3 is 2.59 bits per heavy atom. The van der Waals surface area contributed by atoms with Crippen LogP contribution in [0.25, 0.3) is 0 Å². The lowest BCUT2D eigenvalue weighted by Gasteiger charge is -2.32. The van der Waals surface area contributed by atoms with Crippen molar-refractivity contribution in [3.8, 4) is 0 Å². The summed E-state index contributed by atoms with van der Waals surface area (Å²) in [5.74, 6) is 0.662. The topological polar surface area (TPSA) is 95.1 Å². The van der Waals surface area contributed by atoms with Crippen LogP contribution in [0, 0.1) is 6.92 Å². The van der Waals surface area contributed by atoms with Crippen molar-refractivity contribution in [1.29, 1.82) is 0 Å². The minimum absolute atomic E-state index is 0.0184. The SMILES string of the molecule is Cc1ccccc1NC(=O)Nc1ccnn1C1CCN(C(=O)c2ccc[nH]2)CC1. The number of carbonyl (C=O) groups is 2. The van der Waals surface area contributed by atoms with Gasteiger partial charge in [0, 0.05) is 31.0 Å². The molecule has 0 spiro atoms. The molecular formula is C21H24N6O2. The molecule has 1 aliphatic rings. The third kappa shape index (κ3) is 4.16. The molecule has 3 aromatic rings. The van der Waals surface area contributed by atoms with Gasteiger partial charge in [-0.25, -0.2) is 9.48 Å². The van der Waals surface area contributed by atoms with Crippen molar-refractivity contribution < 1.29 is 9.59 Å². The molecule has 1 fully saturated rings. The van der Waals surface area contributed by atoms with Crippen LogP contribution in [0.5, 0.6) is 0 Å². The summed E-state index contributed by atoms with van der Waals surface area (Å²) in [6, 6.07) is 12.8. The number of hydrogen-bond donors (Lipinski definition) is 3. The molecule has 3 heterocycles. The number of aromatic amines is 1. The van der Waals surface area contributed by atoms with Crippen molar-refractivity contribution in [2.45, 2.75) is 25.8 Å². The van der Waals surface area contributed by atoms with Gasteiger partial charge >= 0.3 is 6.03 Å². The fourth-order valence-electron chi connectivity index (χ4n) is 3.63. The number of aryl methyl sites for hydroxylation is 1. The summed E-state index contributed by atoms with van der Waals surface area (Å²) in [4.78, 5) is 29.7. The van der Waals surface area contributed by atoms with Crippen molar-refractivity contribution >= 4 is 23.4 Å². The first-order valence-corrected chi connectivity index (χ1v) is 9.71. The number of amides is 3. The molecule has 0 radical (unpaired) electrons. The second kappa shape index (κ2) is 8.22. The standard InChI is InChI=1S/C21H24N6O2/c1-15-5-2-3-6-17(15)24-21(29)25-19-8-12-23-27(19)16-9-13-26(14-10-16)20(28)18-7-4-11-22-18/h2-8,11-12,16,22H,9-10,13-14H2,1H3,(H2,24,25,29). The fraction of sp³-hybridized carbons (Fsp3) is 0.286. The Hall–Kier alpha value is -3.55. The molecule has 8 heteroatoms. The van der Waals surface area contributed by atoms with E-state index in [-0.39, 0.29) is 18.0 Å². The number of likely N-dealkylation sites (tertiary alicyclic amines) is 1. The molecule has 150 valence electrons. The first-order chi connectivity index (χ1) is 14.1. The summed E-state index contributed by atoms with van der Waals surface area (Å²) in [7, 11) is 0. The van der Waals surface area contributed by atoms with E-state index in [1.807, 2.05) is 46.8 Å². The van der Waals surface area contributed by atoms with E-state index in [1.165, 1.54) is 0 Å². The van der Waals surface area contributed by atoms with Gasteiger partial charge in [-0.2, -0.15) is 5.10 Å². The smallest absolute Gasteiger partial charge is 0.324 e. The van der Waals surface area contributed by atoms with Crippen LogP contribution >= 0.6 is 0 Å². The number of benzene rings is 1. The van der Waals surface area contributed by atoms with E-state index < -0.39 is 0 Å². The molecule has 1 aliphatic heterocycles. The highest BCUT2D eigenvalue weighted by Gasteiger charge is 2.26. The largest absolute Gasteiger partial charge is 0.357 e. The van der Waals surface area contributed by atoms with E-state index in [1.54, 1.807) is 24.5 Å². The van der Waals surface area contributed by atoms with E-state index in [4.69, 9.17) is 0 Å². The van der Waals surface area contributed by atoms with Gasteiger partial charge < -0.3 is 15.2 Å². The number of para-hydroxylation sites is 1. The van der Waals surface area contributed by atoms with Crippen LogP contribution < -0.4 is 10.6 Å².